The van der Waals surface area contributed by atoms with Gasteiger partial charge in [-0.05, 0) is 96.5 Å². The minimum Gasteiger partial charge on any atom is -0.494 e. The fourth-order valence-corrected chi connectivity index (χ4v) is 6.08. The lowest BCUT2D eigenvalue weighted by Gasteiger charge is -2.22. The molecule has 0 radical (unpaired) electrons. The molecular formula is C38H43FN2O6S. The predicted octanol–water partition coefficient (Wildman–Crippen LogP) is 7.54. The van der Waals surface area contributed by atoms with E-state index in [1.165, 1.54) is 24.3 Å². The molecule has 10 heteroatoms. The van der Waals surface area contributed by atoms with E-state index in [9.17, 15) is 22.4 Å². The zero-order valence-electron chi connectivity index (χ0n) is 27.6. The van der Waals surface area contributed by atoms with Crippen molar-refractivity contribution >= 4 is 21.8 Å². The Labute approximate surface area is 282 Å². The molecule has 0 aliphatic carbocycles. The fourth-order valence-electron chi connectivity index (χ4n) is 5.06. The highest BCUT2D eigenvalue weighted by molar-refractivity contribution is 7.90. The second-order valence-electron chi connectivity index (χ2n) is 12.0. The molecule has 2 amide bonds. The van der Waals surface area contributed by atoms with Gasteiger partial charge in [0.15, 0.2) is 0 Å². The second kappa shape index (κ2) is 17.5. The van der Waals surface area contributed by atoms with Crippen molar-refractivity contribution in [2.24, 2.45) is 5.92 Å². The topological polar surface area (TPSA) is 111 Å². The van der Waals surface area contributed by atoms with Gasteiger partial charge in [-0.3, -0.25) is 9.59 Å². The maximum Gasteiger partial charge on any atom is 0.264 e. The minimum absolute atomic E-state index is 0.0569. The zero-order chi connectivity index (χ0) is 34.5. The van der Waals surface area contributed by atoms with Gasteiger partial charge >= 0.3 is 0 Å². The van der Waals surface area contributed by atoms with Crippen molar-refractivity contribution < 1.29 is 31.9 Å². The van der Waals surface area contributed by atoms with Gasteiger partial charge in [0, 0.05) is 12.0 Å². The summed E-state index contributed by atoms with van der Waals surface area (Å²) in [6.45, 7) is 6.87. The van der Waals surface area contributed by atoms with E-state index in [1.807, 2.05) is 57.2 Å². The first-order valence-corrected chi connectivity index (χ1v) is 17.7. The number of carbonyl (C=O) groups is 2. The molecule has 1 unspecified atom stereocenters. The number of nitrogens with one attached hydrogen (secondary N) is 2. The Morgan fingerprint density at radius 2 is 1.54 bits per heavy atom. The lowest BCUT2D eigenvalue weighted by molar-refractivity contribution is -0.119. The third-order valence-corrected chi connectivity index (χ3v) is 9.01. The van der Waals surface area contributed by atoms with Gasteiger partial charge < -0.3 is 14.8 Å². The van der Waals surface area contributed by atoms with E-state index in [0.717, 1.165) is 24.0 Å². The first-order chi connectivity index (χ1) is 23.0. The average molecular weight is 675 g/mol. The van der Waals surface area contributed by atoms with E-state index in [2.05, 4.69) is 10.0 Å². The molecule has 0 aliphatic rings. The van der Waals surface area contributed by atoms with Crippen LogP contribution in [0.4, 0.5) is 4.39 Å². The van der Waals surface area contributed by atoms with Crippen LogP contribution in [-0.2, 0) is 27.8 Å². The number of benzene rings is 4. The van der Waals surface area contributed by atoms with Crippen LogP contribution in [0.5, 0.6) is 11.5 Å². The Balaban J connectivity index is 1.50. The second-order valence-corrected chi connectivity index (χ2v) is 13.7. The van der Waals surface area contributed by atoms with Gasteiger partial charge in [0.2, 0.25) is 5.91 Å². The first kappa shape index (κ1) is 36.1. The fraction of sp³-hybridized carbons (Fsp3) is 0.316. The molecule has 0 heterocycles. The molecule has 254 valence electrons. The van der Waals surface area contributed by atoms with Crippen molar-refractivity contribution in [2.45, 2.75) is 70.4 Å². The zero-order valence-corrected chi connectivity index (χ0v) is 28.4. The number of amides is 2. The molecule has 0 spiro atoms. The van der Waals surface area contributed by atoms with Gasteiger partial charge in [-0.25, -0.2) is 17.5 Å². The molecule has 0 saturated heterocycles. The number of unbranched alkanes of at least 4 members (excludes halogenated alkanes) is 1. The monoisotopic (exact) mass is 674 g/mol. The van der Waals surface area contributed by atoms with Gasteiger partial charge in [-0.2, -0.15) is 0 Å². The maximum absolute atomic E-state index is 13.9. The number of sulfonamides is 1. The number of hydrogen-bond donors (Lipinski definition) is 2. The third-order valence-electron chi connectivity index (χ3n) is 7.62. The van der Waals surface area contributed by atoms with Crippen molar-refractivity contribution in [2.75, 3.05) is 6.61 Å². The quantitative estimate of drug-likeness (QED) is 0.112. The smallest absolute Gasteiger partial charge is 0.264 e. The van der Waals surface area contributed by atoms with Crippen LogP contribution in [0.25, 0.3) is 0 Å². The van der Waals surface area contributed by atoms with E-state index in [-0.39, 0.29) is 48.0 Å². The lowest BCUT2D eigenvalue weighted by Crippen LogP contribution is -2.32. The Hall–Kier alpha value is -4.70. The molecular weight excluding hydrogens is 631 g/mol. The number of hydrogen-bond acceptors (Lipinski definition) is 6. The summed E-state index contributed by atoms with van der Waals surface area (Å²) in [5.41, 5.74) is 2.42. The highest BCUT2D eigenvalue weighted by atomic mass is 32.2. The molecule has 4 aromatic carbocycles. The molecule has 0 aromatic heterocycles. The molecule has 0 aliphatic heterocycles. The summed E-state index contributed by atoms with van der Waals surface area (Å²) in [6, 6.07) is 26.2. The molecule has 0 bridgehead atoms. The summed E-state index contributed by atoms with van der Waals surface area (Å²) >= 11 is 0. The van der Waals surface area contributed by atoms with Crippen LogP contribution in [0.1, 0.15) is 79.5 Å². The molecule has 1 atom stereocenters. The van der Waals surface area contributed by atoms with Crippen LogP contribution in [0.2, 0.25) is 0 Å². The average Bonchev–Trinajstić information content (AvgIpc) is 3.07. The predicted molar refractivity (Wildman–Crippen MR) is 184 cm³/mol. The largest absolute Gasteiger partial charge is 0.494 e. The number of ether oxygens (including phenoxy) is 2. The van der Waals surface area contributed by atoms with Crippen molar-refractivity contribution in [3.05, 3.63) is 125 Å². The van der Waals surface area contributed by atoms with Crippen molar-refractivity contribution in [1.29, 1.82) is 0 Å². The number of aryl methyl sites for hydroxylation is 1. The highest BCUT2D eigenvalue weighted by Gasteiger charge is 2.22. The Bertz CT molecular complexity index is 1740. The summed E-state index contributed by atoms with van der Waals surface area (Å²) in [6.07, 6.45) is 2.42. The van der Waals surface area contributed by atoms with Crippen LogP contribution in [0.15, 0.2) is 102 Å². The summed E-state index contributed by atoms with van der Waals surface area (Å²) < 4.78 is 53.2. The molecule has 4 aromatic rings. The molecule has 0 saturated carbocycles. The normalized spacial score (nSPS) is 11.9. The van der Waals surface area contributed by atoms with Crippen LogP contribution < -0.4 is 19.5 Å². The van der Waals surface area contributed by atoms with Crippen LogP contribution in [-0.4, -0.2) is 26.8 Å². The number of carbonyl (C=O) groups excluding carboxylic acids is 2. The van der Waals surface area contributed by atoms with Crippen molar-refractivity contribution in [1.82, 2.24) is 10.0 Å². The Morgan fingerprint density at radius 3 is 2.21 bits per heavy atom. The van der Waals surface area contributed by atoms with Gasteiger partial charge in [0.25, 0.3) is 15.9 Å². The highest BCUT2D eigenvalue weighted by Crippen LogP contribution is 2.24. The maximum atomic E-state index is 13.9. The summed E-state index contributed by atoms with van der Waals surface area (Å²) in [5.74, 6) is 0.0296. The SMILES string of the molecule is CCCCOc1ccc(S(=O)(=O)NC(=O)CCc2ccc(COc3ccccc3)cc2C(=O)NC(CC(C)C)c2ccc(F)cc2)cc1. The summed E-state index contributed by atoms with van der Waals surface area (Å²) in [5, 5.41) is 3.10. The van der Waals surface area contributed by atoms with Crippen molar-refractivity contribution in [3.8, 4) is 11.5 Å². The molecule has 4 rings (SSSR count). The minimum atomic E-state index is -4.11. The standard InChI is InChI=1S/C38H43FN2O6S/c1-4-5-23-46-33-18-20-34(21-19-33)48(44,45)41-37(42)22-15-29-12-11-28(26-47-32-9-7-6-8-10-32)25-35(29)38(43)40-36(24-27(2)3)30-13-16-31(39)17-14-30/h6-14,16-21,25,27,36H,4-5,15,22-24,26H2,1-3H3,(H,40,43)(H,41,42). The van der Waals surface area contributed by atoms with Gasteiger partial charge in [0.1, 0.15) is 23.9 Å². The number of halogens is 1. The van der Waals surface area contributed by atoms with E-state index in [0.29, 0.717) is 35.7 Å². The van der Waals surface area contributed by atoms with Gasteiger partial charge in [0.05, 0.1) is 17.5 Å². The number of rotatable bonds is 17. The first-order valence-electron chi connectivity index (χ1n) is 16.2. The Kier molecular flexibility index (Phi) is 13.1. The third kappa shape index (κ3) is 10.9. The van der Waals surface area contributed by atoms with Gasteiger partial charge in [-0.15, -0.1) is 0 Å². The summed E-state index contributed by atoms with van der Waals surface area (Å²) in [7, 11) is -4.11. The van der Waals surface area contributed by atoms with Gasteiger partial charge in [-0.1, -0.05) is 69.7 Å². The van der Waals surface area contributed by atoms with Crippen LogP contribution in [0.3, 0.4) is 0 Å². The van der Waals surface area contributed by atoms with E-state index in [1.54, 1.807) is 36.4 Å². The van der Waals surface area contributed by atoms with E-state index in [4.69, 9.17) is 9.47 Å². The lowest BCUT2D eigenvalue weighted by atomic mass is 9.95. The van der Waals surface area contributed by atoms with E-state index < -0.39 is 15.9 Å². The van der Waals surface area contributed by atoms with Crippen molar-refractivity contribution in [3.63, 3.8) is 0 Å². The number of para-hydroxylation sites is 1. The molecule has 0 fully saturated rings. The van der Waals surface area contributed by atoms with Crippen LogP contribution >= 0.6 is 0 Å². The molecule has 8 nitrogen and oxygen atoms in total. The summed E-state index contributed by atoms with van der Waals surface area (Å²) in [4.78, 5) is 26.7. The molecule has 2 N–H and O–H groups in total. The Morgan fingerprint density at radius 1 is 0.854 bits per heavy atom. The molecule has 48 heavy (non-hydrogen) atoms. The van der Waals surface area contributed by atoms with Crippen LogP contribution in [0, 0.1) is 11.7 Å². The van der Waals surface area contributed by atoms with E-state index >= 15 is 0 Å².